The SMILES string of the molecule is O=C(NCc1ccccn1)c1cnc(NCCCc2ccccc2)cn1. The fourth-order valence-corrected chi connectivity index (χ4v) is 2.45. The first-order valence-electron chi connectivity index (χ1n) is 8.59. The monoisotopic (exact) mass is 347 g/mol. The van der Waals surface area contributed by atoms with Crippen molar-refractivity contribution in [3.63, 3.8) is 0 Å². The van der Waals surface area contributed by atoms with Crippen molar-refractivity contribution in [3.05, 3.63) is 84.1 Å². The molecule has 0 atom stereocenters. The molecule has 2 aromatic heterocycles. The second-order valence-corrected chi connectivity index (χ2v) is 5.81. The average molecular weight is 347 g/mol. The number of pyridine rings is 1. The normalized spacial score (nSPS) is 10.3. The van der Waals surface area contributed by atoms with Crippen LogP contribution in [0.3, 0.4) is 0 Å². The fourth-order valence-electron chi connectivity index (χ4n) is 2.45. The van der Waals surface area contributed by atoms with Crippen molar-refractivity contribution in [1.29, 1.82) is 0 Å². The molecule has 2 N–H and O–H groups in total. The molecular weight excluding hydrogens is 326 g/mol. The van der Waals surface area contributed by atoms with Crippen LogP contribution in [0.2, 0.25) is 0 Å². The van der Waals surface area contributed by atoms with E-state index >= 15 is 0 Å². The molecular formula is C20H21N5O. The number of anilines is 1. The van der Waals surface area contributed by atoms with Crippen LogP contribution in [0.5, 0.6) is 0 Å². The number of aromatic nitrogens is 3. The van der Waals surface area contributed by atoms with Crippen LogP contribution in [0.4, 0.5) is 5.82 Å². The summed E-state index contributed by atoms with van der Waals surface area (Å²) in [5.74, 6) is 0.401. The predicted octanol–water partition coefficient (Wildman–Crippen LogP) is 2.85. The molecule has 3 rings (SSSR count). The molecule has 6 nitrogen and oxygen atoms in total. The van der Waals surface area contributed by atoms with Gasteiger partial charge in [0.05, 0.1) is 24.6 Å². The highest BCUT2D eigenvalue weighted by Crippen LogP contribution is 2.05. The van der Waals surface area contributed by atoms with E-state index in [-0.39, 0.29) is 11.6 Å². The first-order chi connectivity index (χ1) is 12.8. The molecule has 3 aromatic rings. The minimum Gasteiger partial charge on any atom is -0.369 e. The Morgan fingerprint density at radius 3 is 2.50 bits per heavy atom. The number of amides is 1. The highest BCUT2D eigenvalue weighted by atomic mass is 16.1. The highest BCUT2D eigenvalue weighted by molar-refractivity contribution is 5.91. The Bertz CT molecular complexity index is 807. The van der Waals surface area contributed by atoms with Crippen molar-refractivity contribution in [2.24, 2.45) is 0 Å². The standard InChI is InChI=1S/C20H21N5O/c26-20(25-13-17-10-4-5-11-21-17)18-14-24-19(15-23-18)22-12-6-9-16-7-2-1-3-8-16/h1-5,7-8,10-11,14-15H,6,9,12-13H2,(H,22,24)(H,25,26). The molecule has 0 saturated heterocycles. The molecule has 0 aliphatic rings. The fraction of sp³-hybridized carbons (Fsp3) is 0.200. The largest absolute Gasteiger partial charge is 0.369 e. The van der Waals surface area contributed by atoms with E-state index in [0.29, 0.717) is 12.4 Å². The number of nitrogens with zero attached hydrogens (tertiary/aromatic N) is 3. The van der Waals surface area contributed by atoms with Crippen LogP contribution in [0.25, 0.3) is 0 Å². The quantitative estimate of drug-likeness (QED) is 0.613. The summed E-state index contributed by atoms with van der Waals surface area (Å²) in [6.07, 6.45) is 6.76. The van der Waals surface area contributed by atoms with Crippen LogP contribution in [0, 0.1) is 0 Å². The van der Waals surface area contributed by atoms with Crippen LogP contribution in [0.1, 0.15) is 28.2 Å². The van der Waals surface area contributed by atoms with Gasteiger partial charge in [0.1, 0.15) is 11.5 Å². The van der Waals surface area contributed by atoms with Crippen molar-refractivity contribution in [1.82, 2.24) is 20.3 Å². The van der Waals surface area contributed by atoms with Crippen molar-refractivity contribution in [3.8, 4) is 0 Å². The Hall–Kier alpha value is -3.28. The first kappa shape index (κ1) is 17.5. The summed E-state index contributed by atoms with van der Waals surface area (Å²) in [5, 5.41) is 6.00. The Balaban J connectivity index is 1.42. The molecule has 0 bridgehead atoms. The number of rotatable bonds is 8. The smallest absolute Gasteiger partial charge is 0.271 e. The molecule has 0 aliphatic heterocycles. The third-order valence-corrected chi connectivity index (χ3v) is 3.83. The third-order valence-electron chi connectivity index (χ3n) is 3.83. The van der Waals surface area contributed by atoms with E-state index in [1.165, 1.54) is 11.8 Å². The number of aryl methyl sites for hydroxylation is 1. The molecule has 0 unspecified atom stereocenters. The molecule has 1 aromatic carbocycles. The summed E-state index contributed by atoms with van der Waals surface area (Å²) in [6, 6.07) is 15.9. The van der Waals surface area contributed by atoms with E-state index in [4.69, 9.17) is 0 Å². The van der Waals surface area contributed by atoms with Crippen molar-refractivity contribution in [2.75, 3.05) is 11.9 Å². The van der Waals surface area contributed by atoms with E-state index in [1.54, 1.807) is 12.4 Å². The van der Waals surface area contributed by atoms with E-state index in [0.717, 1.165) is 25.1 Å². The minimum absolute atomic E-state index is 0.265. The molecule has 1 amide bonds. The number of benzene rings is 1. The number of carbonyl (C=O) groups is 1. The predicted molar refractivity (Wildman–Crippen MR) is 101 cm³/mol. The maximum absolute atomic E-state index is 12.1. The summed E-state index contributed by atoms with van der Waals surface area (Å²) in [5.41, 5.74) is 2.40. The van der Waals surface area contributed by atoms with Gasteiger partial charge in [-0.15, -0.1) is 0 Å². The van der Waals surface area contributed by atoms with Gasteiger partial charge in [0.2, 0.25) is 0 Å². The third kappa shape index (κ3) is 5.37. The second kappa shape index (κ2) is 9.27. The molecule has 0 aliphatic carbocycles. The summed E-state index contributed by atoms with van der Waals surface area (Å²) >= 11 is 0. The van der Waals surface area contributed by atoms with Gasteiger partial charge in [0, 0.05) is 12.7 Å². The van der Waals surface area contributed by atoms with Crippen LogP contribution in [-0.4, -0.2) is 27.4 Å². The minimum atomic E-state index is -0.265. The number of hydrogen-bond acceptors (Lipinski definition) is 5. The lowest BCUT2D eigenvalue weighted by atomic mass is 10.1. The van der Waals surface area contributed by atoms with Gasteiger partial charge in [-0.05, 0) is 30.5 Å². The van der Waals surface area contributed by atoms with Gasteiger partial charge in [-0.1, -0.05) is 36.4 Å². The van der Waals surface area contributed by atoms with E-state index in [2.05, 4.69) is 37.7 Å². The van der Waals surface area contributed by atoms with Gasteiger partial charge in [-0.2, -0.15) is 0 Å². The molecule has 0 saturated carbocycles. The Kier molecular flexibility index (Phi) is 6.25. The Morgan fingerprint density at radius 2 is 1.77 bits per heavy atom. The number of carbonyl (C=O) groups excluding carboxylic acids is 1. The summed E-state index contributed by atoms with van der Waals surface area (Å²) < 4.78 is 0. The molecule has 26 heavy (non-hydrogen) atoms. The lowest BCUT2D eigenvalue weighted by Crippen LogP contribution is -2.24. The van der Waals surface area contributed by atoms with E-state index in [1.807, 2.05) is 36.4 Å². The van der Waals surface area contributed by atoms with Crippen LogP contribution in [0.15, 0.2) is 67.1 Å². The first-order valence-corrected chi connectivity index (χ1v) is 8.59. The molecule has 0 fully saturated rings. The van der Waals surface area contributed by atoms with Crippen LogP contribution >= 0.6 is 0 Å². The van der Waals surface area contributed by atoms with Gasteiger partial charge in [-0.3, -0.25) is 9.78 Å². The summed E-state index contributed by atoms with van der Waals surface area (Å²) in [4.78, 5) is 24.7. The van der Waals surface area contributed by atoms with Gasteiger partial charge >= 0.3 is 0 Å². The van der Waals surface area contributed by atoms with Gasteiger partial charge in [0.25, 0.3) is 5.91 Å². The zero-order valence-electron chi connectivity index (χ0n) is 14.4. The maximum atomic E-state index is 12.1. The van der Waals surface area contributed by atoms with Crippen molar-refractivity contribution in [2.45, 2.75) is 19.4 Å². The molecule has 2 heterocycles. The zero-order chi connectivity index (χ0) is 18.0. The zero-order valence-corrected chi connectivity index (χ0v) is 14.4. The Labute approximate surface area is 152 Å². The van der Waals surface area contributed by atoms with Gasteiger partial charge in [0.15, 0.2) is 0 Å². The Morgan fingerprint density at radius 1 is 0.923 bits per heavy atom. The van der Waals surface area contributed by atoms with E-state index < -0.39 is 0 Å². The van der Waals surface area contributed by atoms with Crippen LogP contribution in [-0.2, 0) is 13.0 Å². The topological polar surface area (TPSA) is 79.8 Å². The molecule has 132 valence electrons. The molecule has 0 spiro atoms. The van der Waals surface area contributed by atoms with Crippen LogP contribution < -0.4 is 10.6 Å². The van der Waals surface area contributed by atoms with Gasteiger partial charge in [-0.25, -0.2) is 9.97 Å². The average Bonchev–Trinajstić information content (AvgIpc) is 2.71. The number of hydrogen-bond donors (Lipinski definition) is 2. The van der Waals surface area contributed by atoms with Crippen molar-refractivity contribution < 1.29 is 4.79 Å². The molecule has 6 heteroatoms. The maximum Gasteiger partial charge on any atom is 0.271 e. The highest BCUT2D eigenvalue weighted by Gasteiger charge is 2.08. The second-order valence-electron chi connectivity index (χ2n) is 5.81. The van der Waals surface area contributed by atoms with Crippen molar-refractivity contribution >= 4 is 11.7 Å². The lowest BCUT2D eigenvalue weighted by Gasteiger charge is -2.07. The van der Waals surface area contributed by atoms with E-state index in [9.17, 15) is 4.79 Å². The lowest BCUT2D eigenvalue weighted by molar-refractivity contribution is 0.0945. The van der Waals surface area contributed by atoms with Gasteiger partial charge < -0.3 is 10.6 Å². The summed E-state index contributed by atoms with van der Waals surface area (Å²) in [7, 11) is 0. The summed E-state index contributed by atoms with van der Waals surface area (Å²) in [6.45, 7) is 1.16. The molecule has 0 radical (unpaired) electrons. The number of nitrogens with one attached hydrogen (secondary N) is 2.